The van der Waals surface area contributed by atoms with E-state index in [-0.39, 0.29) is 0 Å². The second-order valence-corrected chi connectivity index (χ2v) is 14.6. The summed E-state index contributed by atoms with van der Waals surface area (Å²) in [5.74, 6) is 2.16. The molecule has 0 heterocycles. The van der Waals surface area contributed by atoms with Gasteiger partial charge >= 0.3 is 0 Å². The Morgan fingerprint density at radius 1 is 0.950 bits per heavy atom. The third-order valence-corrected chi connectivity index (χ3v) is 12.1. The van der Waals surface area contributed by atoms with Crippen molar-refractivity contribution in [3.8, 4) is 0 Å². The summed E-state index contributed by atoms with van der Waals surface area (Å²) >= 11 is 0. The monoisotopic (exact) mass is 298 g/mol. The molecule has 0 aromatic rings. The SMILES string of the molecule is CC1[C@@H](C)[C@H](CO[Si](C)(C)C(C)(C)C)C(C)(C)C1(C)C. The summed E-state index contributed by atoms with van der Waals surface area (Å²) in [6.07, 6.45) is 0. The van der Waals surface area contributed by atoms with Gasteiger partial charge < -0.3 is 4.43 Å². The number of rotatable bonds is 3. The van der Waals surface area contributed by atoms with Gasteiger partial charge in [-0.3, -0.25) is 0 Å². The first-order valence-electron chi connectivity index (χ1n) is 8.30. The van der Waals surface area contributed by atoms with Gasteiger partial charge in [-0.25, -0.2) is 0 Å². The zero-order valence-electron chi connectivity index (χ0n) is 15.8. The van der Waals surface area contributed by atoms with E-state index in [1.165, 1.54) is 0 Å². The maximum absolute atomic E-state index is 6.56. The van der Waals surface area contributed by atoms with Gasteiger partial charge in [0, 0.05) is 6.61 Å². The van der Waals surface area contributed by atoms with Crippen LogP contribution >= 0.6 is 0 Å². The van der Waals surface area contributed by atoms with Crippen molar-refractivity contribution in [1.29, 1.82) is 0 Å². The quantitative estimate of drug-likeness (QED) is 0.584. The molecule has 0 spiro atoms. The van der Waals surface area contributed by atoms with Crippen LogP contribution in [-0.4, -0.2) is 14.9 Å². The molecule has 0 aromatic carbocycles. The van der Waals surface area contributed by atoms with E-state index in [0.29, 0.717) is 21.8 Å². The smallest absolute Gasteiger partial charge is 0.191 e. The van der Waals surface area contributed by atoms with Crippen molar-refractivity contribution in [1.82, 2.24) is 0 Å². The summed E-state index contributed by atoms with van der Waals surface area (Å²) in [6, 6.07) is 0. The van der Waals surface area contributed by atoms with E-state index >= 15 is 0 Å². The van der Waals surface area contributed by atoms with Crippen LogP contribution in [-0.2, 0) is 4.43 Å². The maximum Gasteiger partial charge on any atom is 0.191 e. The maximum atomic E-state index is 6.56. The fourth-order valence-electron chi connectivity index (χ4n) is 3.60. The first-order valence-corrected chi connectivity index (χ1v) is 11.2. The number of hydrogen-bond acceptors (Lipinski definition) is 1. The molecule has 0 saturated heterocycles. The lowest BCUT2D eigenvalue weighted by atomic mass is 9.65. The second kappa shape index (κ2) is 5.12. The summed E-state index contributed by atoms with van der Waals surface area (Å²) in [4.78, 5) is 0. The van der Waals surface area contributed by atoms with Crippen LogP contribution in [0.1, 0.15) is 62.3 Å². The van der Waals surface area contributed by atoms with Crippen LogP contribution in [0.4, 0.5) is 0 Å². The van der Waals surface area contributed by atoms with Crippen molar-refractivity contribution in [3.05, 3.63) is 0 Å². The van der Waals surface area contributed by atoms with Gasteiger partial charge in [0.05, 0.1) is 0 Å². The highest BCUT2D eigenvalue weighted by Crippen LogP contribution is 2.61. The Morgan fingerprint density at radius 2 is 1.40 bits per heavy atom. The fraction of sp³-hybridized carbons (Fsp3) is 1.00. The molecule has 3 atom stereocenters. The van der Waals surface area contributed by atoms with Crippen LogP contribution in [0.25, 0.3) is 0 Å². The molecule has 0 N–H and O–H groups in total. The van der Waals surface area contributed by atoms with Crippen molar-refractivity contribution in [3.63, 3.8) is 0 Å². The van der Waals surface area contributed by atoms with E-state index < -0.39 is 8.32 Å². The Hall–Kier alpha value is 0.177. The van der Waals surface area contributed by atoms with Crippen LogP contribution in [0.15, 0.2) is 0 Å². The van der Waals surface area contributed by atoms with Gasteiger partial charge in [-0.15, -0.1) is 0 Å². The summed E-state index contributed by atoms with van der Waals surface area (Å²) in [6.45, 7) is 27.3. The van der Waals surface area contributed by atoms with Crippen molar-refractivity contribution in [2.75, 3.05) is 6.61 Å². The minimum absolute atomic E-state index is 0.306. The average molecular weight is 299 g/mol. The molecule has 0 bridgehead atoms. The normalized spacial score (nSPS) is 33.5. The van der Waals surface area contributed by atoms with E-state index in [1.54, 1.807) is 0 Å². The van der Waals surface area contributed by atoms with E-state index in [4.69, 9.17) is 4.43 Å². The van der Waals surface area contributed by atoms with Crippen LogP contribution in [0.5, 0.6) is 0 Å². The molecule has 0 aliphatic heterocycles. The molecule has 120 valence electrons. The summed E-state index contributed by atoms with van der Waals surface area (Å²) < 4.78 is 6.56. The minimum atomic E-state index is -1.63. The molecule has 0 amide bonds. The topological polar surface area (TPSA) is 9.23 Å². The van der Waals surface area contributed by atoms with E-state index in [1.807, 2.05) is 0 Å². The molecule has 1 unspecified atom stereocenters. The minimum Gasteiger partial charge on any atom is -0.417 e. The molecular weight excluding hydrogens is 260 g/mol. The van der Waals surface area contributed by atoms with Gasteiger partial charge in [-0.2, -0.15) is 0 Å². The first-order chi connectivity index (χ1) is 8.66. The number of hydrogen-bond donors (Lipinski definition) is 0. The first kappa shape index (κ1) is 18.2. The molecule has 2 heteroatoms. The Bertz CT molecular complexity index is 349. The molecule has 1 fully saturated rings. The molecule has 1 aliphatic rings. The van der Waals surface area contributed by atoms with Gasteiger partial charge in [0.15, 0.2) is 8.32 Å². The Kier molecular flexibility index (Phi) is 4.67. The molecular formula is C18H38OSi. The molecule has 0 radical (unpaired) electrons. The molecule has 1 rings (SSSR count). The predicted molar refractivity (Wildman–Crippen MR) is 92.5 cm³/mol. The van der Waals surface area contributed by atoms with Crippen LogP contribution in [0.3, 0.4) is 0 Å². The summed E-state index contributed by atoms with van der Waals surface area (Å²) in [5, 5.41) is 0.306. The molecule has 20 heavy (non-hydrogen) atoms. The second-order valence-electron chi connectivity index (χ2n) is 9.77. The highest BCUT2D eigenvalue weighted by Gasteiger charge is 2.56. The highest BCUT2D eigenvalue weighted by atomic mass is 28.4. The Balaban J connectivity index is 2.89. The van der Waals surface area contributed by atoms with Crippen LogP contribution < -0.4 is 0 Å². The van der Waals surface area contributed by atoms with Crippen molar-refractivity contribution in [2.45, 2.75) is 80.4 Å². The lowest BCUT2D eigenvalue weighted by Crippen LogP contribution is -2.44. The lowest BCUT2D eigenvalue weighted by molar-refractivity contribution is 0.0555. The van der Waals surface area contributed by atoms with E-state index in [9.17, 15) is 0 Å². The van der Waals surface area contributed by atoms with Gasteiger partial charge in [-0.1, -0.05) is 62.3 Å². The summed E-state index contributed by atoms with van der Waals surface area (Å²) in [5.41, 5.74) is 0.724. The van der Waals surface area contributed by atoms with Gasteiger partial charge in [0.1, 0.15) is 0 Å². The van der Waals surface area contributed by atoms with Gasteiger partial charge in [-0.05, 0) is 46.7 Å². The zero-order chi connectivity index (χ0) is 16.1. The molecule has 1 nitrogen and oxygen atoms in total. The Morgan fingerprint density at radius 3 is 1.70 bits per heavy atom. The zero-order valence-corrected chi connectivity index (χ0v) is 16.8. The molecule has 0 aromatic heterocycles. The third kappa shape index (κ3) is 2.75. The van der Waals surface area contributed by atoms with E-state index in [0.717, 1.165) is 18.4 Å². The van der Waals surface area contributed by atoms with Crippen molar-refractivity contribution in [2.24, 2.45) is 28.6 Å². The highest BCUT2D eigenvalue weighted by molar-refractivity contribution is 6.74. The third-order valence-electron chi connectivity index (χ3n) is 7.58. The van der Waals surface area contributed by atoms with Crippen LogP contribution in [0, 0.1) is 28.6 Å². The standard InChI is InChI=1S/C18H38OSi/c1-13-14(2)17(6,7)18(8,9)15(13)12-19-20(10,11)16(3,4)5/h13-15H,12H2,1-11H3/t13-,14?,15+/m1/s1. The molecule has 1 aliphatic carbocycles. The van der Waals surface area contributed by atoms with Crippen molar-refractivity contribution < 1.29 is 4.43 Å². The Labute approximate surface area is 129 Å². The van der Waals surface area contributed by atoms with Gasteiger partial charge in [0.25, 0.3) is 0 Å². The van der Waals surface area contributed by atoms with E-state index in [2.05, 4.69) is 75.4 Å². The largest absolute Gasteiger partial charge is 0.417 e. The van der Waals surface area contributed by atoms with Crippen LogP contribution in [0.2, 0.25) is 18.1 Å². The fourth-order valence-corrected chi connectivity index (χ4v) is 4.63. The average Bonchev–Trinajstić information content (AvgIpc) is 2.34. The van der Waals surface area contributed by atoms with Crippen molar-refractivity contribution >= 4 is 8.32 Å². The predicted octanol–water partition coefficient (Wildman–Crippen LogP) is 5.96. The molecule has 1 saturated carbocycles. The lowest BCUT2D eigenvalue weighted by Gasteiger charge is -2.43. The van der Waals surface area contributed by atoms with Gasteiger partial charge in [0.2, 0.25) is 0 Å². The summed E-state index contributed by atoms with van der Waals surface area (Å²) in [7, 11) is -1.63.